The average molecular weight is 208 g/mol. The maximum absolute atomic E-state index is 11.5. The number of aliphatic hydroxyl groups excluding tert-OH is 1. The third-order valence-corrected chi connectivity index (χ3v) is 2.52. The molecule has 0 fully saturated rings. The van der Waals surface area contributed by atoms with Crippen molar-refractivity contribution >= 4 is 5.97 Å². The Morgan fingerprint density at radius 1 is 1.47 bits per heavy atom. The fourth-order valence-corrected chi connectivity index (χ4v) is 1.47. The van der Waals surface area contributed by atoms with Gasteiger partial charge in [-0.1, -0.05) is 32.0 Å². The lowest BCUT2D eigenvalue weighted by atomic mass is 9.94. The van der Waals surface area contributed by atoms with Crippen LogP contribution in [-0.4, -0.2) is 17.9 Å². The molecule has 0 saturated heterocycles. The van der Waals surface area contributed by atoms with Crippen LogP contribution in [0, 0.1) is 0 Å². The molecule has 0 amide bonds. The molecule has 82 valence electrons. The van der Waals surface area contributed by atoms with Crippen LogP contribution in [0.4, 0.5) is 0 Å². The van der Waals surface area contributed by atoms with Crippen molar-refractivity contribution < 1.29 is 14.6 Å². The third kappa shape index (κ3) is 2.80. The summed E-state index contributed by atoms with van der Waals surface area (Å²) < 4.78 is 4.58. The molecule has 3 heteroatoms. The molecule has 1 unspecified atom stereocenters. The average Bonchev–Trinajstić information content (AvgIpc) is 2.28. The van der Waals surface area contributed by atoms with E-state index in [1.165, 1.54) is 0 Å². The Hall–Kier alpha value is -1.35. The molecule has 15 heavy (non-hydrogen) atoms. The van der Waals surface area contributed by atoms with E-state index in [9.17, 15) is 4.79 Å². The summed E-state index contributed by atoms with van der Waals surface area (Å²) in [4.78, 5) is 11.5. The Balaban J connectivity index is 3.00. The molecule has 0 saturated carbocycles. The molecule has 1 rings (SSSR count). The van der Waals surface area contributed by atoms with Gasteiger partial charge in [0.25, 0.3) is 0 Å². The Labute approximate surface area is 89.7 Å². The number of carbonyl (C=O) groups excluding carboxylic acids is 1. The predicted molar refractivity (Wildman–Crippen MR) is 57.6 cm³/mol. The fraction of sp³-hybridized carbons (Fsp3) is 0.417. The van der Waals surface area contributed by atoms with Crippen molar-refractivity contribution in [1.82, 2.24) is 0 Å². The van der Waals surface area contributed by atoms with E-state index >= 15 is 0 Å². The molecule has 1 aromatic carbocycles. The van der Waals surface area contributed by atoms with E-state index in [-0.39, 0.29) is 0 Å². The Morgan fingerprint density at radius 3 is 2.73 bits per heavy atom. The summed E-state index contributed by atoms with van der Waals surface area (Å²) in [7, 11) is 0. The van der Waals surface area contributed by atoms with E-state index in [1.54, 1.807) is 12.1 Å². The second-order valence-corrected chi connectivity index (χ2v) is 3.46. The number of rotatable bonds is 4. The first-order valence-corrected chi connectivity index (χ1v) is 5.07. The third-order valence-electron chi connectivity index (χ3n) is 2.52. The number of ether oxygens (including phenoxy) is 1. The van der Waals surface area contributed by atoms with Crippen LogP contribution in [-0.2, 0) is 4.74 Å². The van der Waals surface area contributed by atoms with Gasteiger partial charge in [0.1, 0.15) is 0 Å². The molecule has 0 radical (unpaired) electrons. The second-order valence-electron chi connectivity index (χ2n) is 3.46. The van der Waals surface area contributed by atoms with Crippen molar-refractivity contribution in [3.05, 3.63) is 35.4 Å². The van der Waals surface area contributed by atoms with Gasteiger partial charge in [0.2, 0.25) is 0 Å². The molecule has 0 aliphatic rings. The summed E-state index contributed by atoms with van der Waals surface area (Å²) in [5.74, 6) is -0.152. The molecule has 0 aromatic heterocycles. The van der Waals surface area contributed by atoms with Gasteiger partial charge in [-0.15, -0.1) is 0 Å². The van der Waals surface area contributed by atoms with Crippen molar-refractivity contribution in [2.24, 2.45) is 0 Å². The molecular weight excluding hydrogens is 192 g/mol. The number of aliphatic hydroxyl groups is 1. The summed E-state index contributed by atoms with van der Waals surface area (Å²) in [6, 6.07) is 7.33. The van der Waals surface area contributed by atoms with Crippen LogP contribution in [0.3, 0.4) is 0 Å². The lowest BCUT2D eigenvalue weighted by Gasteiger charge is -2.13. The van der Waals surface area contributed by atoms with Crippen molar-refractivity contribution in [1.29, 1.82) is 0 Å². The van der Waals surface area contributed by atoms with Crippen molar-refractivity contribution in [2.45, 2.75) is 26.2 Å². The summed E-state index contributed by atoms with van der Waals surface area (Å²) in [6.45, 7) is 3.55. The number of hydrogen-bond acceptors (Lipinski definition) is 3. The van der Waals surface area contributed by atoms with Crippen molar-refractivity contribution in [3.63, 3.8) is 0 Å². The predicted octanol–water partition coefficient (Wildman–Crippen LogP) is 2.31. The summed E-state index contributed by atoms with van der Waals surface area (Å²) >= 11 is 0. The zero-order chi connectivity index (χ0) is 11.3. The quantitative estimate of drug-likeness (QED) is 0.610. The maximum Gasteiger partial charge on any atom is 0.340 e. The Kier molecular flexibility index (Phi) is 4.31. The first-order valence-electron chi connectivity index (χ1n) is 5.07. The van der Waals surface area contributed by atoms with Gasteiger partial charge in [-0.05, 0) is 24.0 Å². The van der Waals surface area contributed by atoms with Gasteiger partial charge < -0.3 is 9.84 Å². The molecule has 1 N–H and O–H groups in total. The van der Waals surface area contributed by atoms with E-state index in [1.807, 2.05) is 12.1 Å². The van der Waals surface area contributed by atoms with Crippen LogP contribution in [0.15, 0.2) is 24.3 Å². The van der Waals surface area contributed by atoms with E-state index in [4.69, 9.17) is 5.11 Å². The van der Waals surface area contributed by atoms with E-state index in [2.05, 4.69) is 18.6 Å². The molecule has 3 nitrogen and oxygen atoms in total. The second kappa shape index (κ2) is 5.51. The zero-order valence-corrected chi connectivity index (χ0v) is 9.06. The highest BCUT2D eigenvalue weighted by Gasteiger charge is 2.15. The van der Waals surface area contributed by atoms with Gasteiger partial charge in [0.15, 0.2) is 6.79 Å². The number of carbonyl (C=O) groups is 1. The van der Waals surface area contributed by atoms with Crippen LogP contribution >= 0.6 is 0 Å². The normalized spacial score (nSPS) is 12.2. The number of benzene rings is 1. The van der Waals surface area contributed by atoms with Gasteiger partial charge in [0.05, 0.1) is 5.56 Å². The van der Waals surface area contributed by atoms with E-state index in [0.717, 1.165) is 12.0 Å². The molecule has 1 atom stereocenters. The molecule has 0 spiro atoms. The highest BCUT2D eigenvalue weighted by atomic mass is 16.6. The fourth-order valence-electron chi connectivity index (χ4n) is 1.47. The van der Waals surface area contributed by atoms with Crippen LogP contribution in [0.25, 0.3) is 0 Å². The van der Waals surface area contributed by atoms with Gasteiger partial charge in [0, 0.05) is 0 Å². The largest absolute Gasteiger partial charge is 0.435 e. The molecule has 0 heterocycles. The lowest BCUT2D eigenvalue weighted by Crippen LogP contribution is -2.10. The van der Waals surface area contributed by atoms with Gasteiger partial charge in [-0.3, -0.25) is 0 Å². The molecular formula is C12H16O3. The minimum Gasteiger partial charge on any atom is -0.435 e. The topological polar surface area (TPSA) is 46.5 Å². The Bertz CT molecular complexity index is 333. The first-order chi connectivity index (χ1) is 7.20. The van der Waals surface area contributed by atoms with E-state index in [0.29, 0.717) is 11.5 Å². The lowest BCUT2D eigenvalue weighted by molar-refractivity contribution is 0.00669. The summed E-state index contributed by atoms with van der Waals surface area (Å²) in [5.41, 5.74) is 1.51. The van der Waals surface area contributed by atoms with Gasteiger partial charge in [-0.2, -0.15) is 0 Å². The molecule has 0 aliphatic carbocycles. The molecule has 0 aliphatic heterocycles. The van der Waals surface area contributed by atoms with Crippen LogP contribution in [0.1, 0.15) is 42.1 Å². The molecule has 0 bridgehead atoms. The molecule has 1 aromatic rings. The van der Waals surface area contributed by atoms with Gasteiger partial charge in [-0.25, -0.2) is 4.79 Å². The van der Waals surface area contributed by atoms with Crippen LogP contribution in [0.2, 0.25) is 0 Å². The first kappa shape index (κ1) is 11.7. The smallest absolute Gasteiger partial charge is 0.340 e. The standard InChI is InChI=1S/C12H16O3/c1-3-9(2)10-6-4-5-7-11(10)12(14)15-8-13/h4-7,9,13H,3,8H2,1-2H3. The highest BCUT2D eigenvalue weighted by molar-refractivity contribution is 5.91. The monoisotopic (exact) mass is 208 g/mol. The van der Waals surface area contributed by atoms with Gasteiger partial charge >= 0.3 is 5.97 Å². The zero-order valence-electron chi connectivity index (χ0n) is 9.06. The van der Waals surface area contributed by atoms with Crippen molar-refractivity contribution in [3.8, 4) is 0 Å². The maximum atomic E-state index is 11.5. The summed E-state index contributed by atoms with van der Waals surface area (Å²) in [6.07, 6.45) is 0.962. The van der Waals surface area contributed by atoms with Crippen LogP contribution in [0.5, 0.6) is 0 Å². The minimum atomic E-state index is -0.576. The SMILES string of the molecule is CCC(C)c1ccccc1C(=O)OCO. The van der Waals surface area contributed by atoms with E-state index < -0.39 is 12.8 Å². The minimum absolute atomic E-state index is 0.312. The highest BCUT2D eigenvalue weighted by Crippen LogP contribution is 2.22. The Morgan fingerprint density at radius 2 is 2.13 bits per heavy atom. The number of esters is 1. The summed E-state index contributed by atoms with van der Waals surface area (Å²) in [5, 5.41) is 8.54. The number of hydrogen-bond donors (Lipinski definition) is 1. The van der Waals surface area contributed by atoms with Crippen LogP contribution < -0.4 is 0 Å². The van der Waals surface area contributed by atoms with Crippen molar-refractivity contribution in [2.75, 3.05) is 6.79 Å².